The van der Waals surface area contributed by atoms with E-state index in [1.165, 1.54) is 0 Å². The van der Waals surface area contributed by atoms with E-state index in [1.807, 2.05) is 19.9 Å². The summed E-state index contributed by atoms with van der Waals surface area (Å²) in [6.07, 6.45) is 0. The highest BCUT2D eigenvalue weighted by atomic mass is 32.2. The number of nitrogens with zero attached hydrogens (tertiary/aromatic N) is 2. The lowest BCUT2D eigenvalue weighted by Gasteiger charge is -2.08. The van der Waals surface area contributed by atoms with Crippen molar-refractivity contribution in [1.82, 2.24) is 9.55 Å². The molecule has 98 valence electrons. The van der Waals surface area contributed by atoms with Crippen molar-refractivity contribution in [2.75, 3.05) is 0 Å². The van der Waals surface area contributed by atoms with Crippen LogP contribution in [0, 0.1) is 6.92 Å². The van der Waals surface area contributed by atoms with Crippen LogP contribution in [0.4, 0.5) is 0 Å². The van der Waals surface area contributed by atoms with Crippen molar-refractivity contribution in [1.29, 1.82) is 0 Å². The van der Waals surface area contributed by atoms with E-state index in [-0.39, 0.29) is 0 Å². The van der Waals surface area contributed by atoms with Crippen molar-refractivity contribution in [2.45, 2.75) is 44.4 Å². The lowest BCUT2D eigenvalue weighted by Crippen LogP contribution is -2.13. The summed E-state index contributed by atoms with van der Waals surface area (Å²) in [6, 6.07) is 5.18. The molecule has 0 aliphatic heterocycles. The SMILES string of the molecule is CCn1c(C)nc2cc(S(=O)(=O)C(C)C)ccc21. The van der Waals surface area contributed by atoms with Gasteiger partial charge in [-0.15, -0.1) is 0 Å². The van der Waals surface area contributed by atoms with E-state index < -0.39 is 15.1 Å². The third-order valence-electron chi connectivity index (χ3n) is 3.18. The maximum absolute atomic E-state index is 12.1. The molecule has 0 radical (unpaired) electrons. The molecular formula is C13H18N2O2S. The van der Waals surface area contributed by atoms with Gasteiger partial charge in [-0.1, -0.05) is 0 Å². The topological polar surface area (TPSA) is 52.0 Å². The number of imidazole rings is 1. The highest BCUT2D eigenvalue weighted by Crippen LogP contribution is 2.22. The zero-order valence-electron chi connectivity index (χ0n) is 11.1. The highest BCUT2D eigenvalue weighted by Gasteiger charge is 2.20. The molecule has 2 aromatic rings. The summed E-state index contributed by atoms with van der Waals surface area (Å²) < 4.78 is 26.3. The van der Waals surface area contributed by atoms with Gasteiger partial charge in [0.2, 0.25) is 0 Å². The quantitative estimate of drug-likeness (QED) is 0.858. The van der Waals surface area contributed by atoms with E-state index >= 15 is 0 Å². The van der Waals surface area contributed by atoms with Crippen LogP contribution in [0.2, 0.25) is 0 Å². The molecule has 4 nitrogen and oxygen atoms in total. The number of sulfone groups is 1. The summed E-state index contributed by atoms with van der Waals surface area (Å²) >= 11 is 0. The number of rotatable bonds is 3. The molecule has 0 atom stereocenters. The van der Waals surface area contributed by atoms with Crippen LogP contribution in [-0.4, -0.2) is 23.2 Å². The van der Waals surface area contributed by atoms with Gasteiger partial charge < -0.3 is 4.57 Å². The van der Waals surface area contributed by atoms with Crippen molar-refractivity contribution in [2.24, 2.45) is 0 Å². The molecule has 0 spiro atoms. The van der Waals surface area contributed by atoms with Crippen LogP contribution in [0.1, 0.15) is 26.6 Å². The van der Waals surface area contributed by atoms with Crippen LogP contribution in [-0.2, 0) is 16.4 Å². The van der Waals surface area contributed by atoms with E-state index in [2.05, 4.69) is 9.55 Å². The Morgan fingerprint density at radius 1 is 1.33 bits per heavy atom. The Hall–Kier alpha value is -1.36. The van der Waals surface area contributed by atoms with Crippen LogP contribution in [0.15, 0.2) is 23.1 Å². The Balaban J connectivity index is 2.66. The molecule has 1 aromatic carbocycles. The van der Waals surface area contributed by atoms with E-state index in [0.717, 1.165) is 23.4 Å². The fourth-order valence-electron chi connectivity index (χ4n) is 2.08. The van der Waals surface area contributed by atoms with E-state index in [9.17, 15) is 8.42 Å². The number of fused-ring (bicyclic) bond motifs is 1. The molecule has 2 rings (SSSR count). The smallest absolute Gasteiger partial charge is 0.180 e. The third kappa shape index (κ3) is 1.92. The van der Waals surface area contributed by atoms with Gasteiger partial charge in [0.1, 0.15) is 5.82 Å². The van der Waals surface area contributed by atoms with Gasteiger partial charge in [0, 0.05) is 6.54 Å². The molecule has 0 bridgehead atoms. The minimum atomic E-state index is -3.23. The standard InChI is InChI=1S/C13H18N2O2S/c1-5-15-10(4)14-12-8-11(6-7-13(12)15)18(16,17)9(2)3/h6-9H,5H2,1-4H3. The number of aryl methyl sites for hydroxylation is 2. The lowest BCUT2D eigenvalue weighted by atomic mass is 10.3. The van der Waals surface area contributed by atoms with Gasteiger partial charge in [-0.3, -0.25) is 0 Å². The minimum absolute atomic E-state index is 0.353. The first kappa shape index (κ1) is 13.1. The van der Waals surface area contributed by atoms with Gasteiger partial charge in [-0.05, 0) is 45.9 Å². The number of hydrogen-bond acceptors (Lipinski definition) is 3. The van der Waals surface area contributed by atoms with E-state index in [1.54, 1.807) is 26.0 Å². The fourth-order valence-corrected chi connectivity index (χ4v) is 3.16. The van der Waals surface area contributed by atoms with Gasteiger partial charge in [-0.2, -0.15) is 0 Å². The van der Waals surface area contributed by atoms with Crippen molar-refractivity contribution in [3.8, 4) is 0 Å². The summed E-state index contributed by atoms with van der Waals surface area (Å²) in [4.78, 5) is 4.77. The molecule has 0 aliphatic carbocycles. The van der Waals surface area contributed by atoms with Crippen LogP contribution in [0.5, 0.6) is 0 Å². The predicted molar refractivity (Wildman–Crippen MR) is 72.5 cm³/mol. The molecule has 0 unspecified atom stereocenters. The zero-order valence-corrected chi connectivity index (χ0v) is 12.0. The molecule has 18 heavy (non-hydrogen) atoms. The summed E-state index contributed by atoms with van der Waals surface area (Å²) in [5, 5.41) is -0.413. The minimum Gasteiger partial charge on any atom is -0.329 e. The fraction of sp³-hybridized carbons (Fsp3) is 0.462. The van der Waals surface area contributed by atoms with Gasteiger partial charge in [0.25, 0.3) is 0 Å². The Kier molecular flexibility index (Phi) is 3.19. The summed E-state index contributed by atoms with van der Waals surface area (Å²) in [5.41, 5.74) is 1.73. The summed E-state index contributed by atoms with van der Waals surface area (Å²) in [5.74, 6) is 0.909. The van der Waals surface area contributed by atoms with Crippen LogP contribution in [0.25, 0.3) is 11.0 Å². The predicted octanol–water partition coefficient (Wildman–Crippen LogP) is 2.55. The van der Waals surface area contributed by atoms with Crippen LogP contribution in [0.3, 0.4) is 0 Å². The Morgan fingerprint density at radius 2 is 2.00 bits per heavy atom. The first-order valence-corrected chi connectivity index (χ1v) is 7.63. The lowest BCUT2D eigenvalue weighted by molar-refractivity contribution is 0.587. The van der Waals surface area contributed by atoms with Crippen molar-refractivity contribution in [3.63, 3.8) is 0 Å². The van der Waals surface area contributed by atoms with Crippen molar-refractivity contribution in [3.05, 3.63) is 24.0 Å². The second-order valence-electron chi connectivity index (χ2n) is 4.65. The average Bonchev–Trinajstić information content (AvgIpc) is 2.62. The first-order chi connectivity index (χ1) is 8.37. The van der Waals surface area contributed by atoms with Crippen LogP contribution < -0.4 is 0 Å². The Labute approximate surface area is 108 Å². The van der Waals surface area contributed by atoms with Gasteiger partial charge in [-0.25, -0.2) is 13.4 Å². The molecule has 0 N–H and O–H groups in total. The summed E-state index contributed by atoms with van der Waals surface area (Å²) in [6.45, 7) is 8.19. The Morgan fingerprint density at radius 3 is 2.56 bits per heavy atom. The molecule has 0 fully saturated rings. The normalized spacial score (nSPS) is 12.5. The molecule has 1 aromatic heterocycles. The molecule has 0 saturated carbocycles. The van der Waals surface area contributed by atoms with Gasteiger partial charge in [0.15, 0.2) is 9.84 Å². The monoisotopic (exact) mass is 266 g/mol. The Bertz CT molecular complexity index is 684. The van der Waals surface area contributed by atoms with Gasteiger partial charge in [0.05, 0.1) is 21.2 Å². The maximum Gasteiger partial charge on any atom is 0.180 e. The second-order valence-corrected chi connectivity index (χ2v) is 7.15. The van der Waals surface area contributed by atoms with E-state index in [0.29, 0.717) is 4.90 Å². The molecule has 5 heteroatoms. The molecule has 1 heterocycles. The molecule has 0 saturated heterocycles. The van der Waals surface area contributed by atoms with Crippen molar-refractivity contribution >= 4 is 20.9 Å². The average molecular weight is 266 g/mol. The largest absolute Gasteiger partial charge is 0.329 e. The van der Waals surface area contributed by atoms with Gasteiger partial charge >= 0.3 is 0 Å². The zero-order chi connectivity index (χ0) is 13.5. The second kappa shape index (κ2) is 4.39. The number of aromatic nitrogens is 2. The maximum atomic E-state index is 12.1. The van der Waals surface area contributed by atoms with Crippen LogP contribution >= 0.6 is 0 Å². The third-order valence-corrected chi connectivity index (χ3v) is 5.33. The molecular weight excluding hydrogens is 248 g/mol. The molecule has 0 aliphatic rings. The molecule has 0 amide bonds. The summed E-state index contributed by atoms with van der Waals surface area (Å²) in [7, 11) is -3.23. The number of hydrogen-bond donors (Lipinski definition) is 0. The van der Waals surface area contributed by atoms with Crippen molar-refractivity contribution < 1.29 is 8.42 Å². The van der Waals surface area contributed by atoms with E-state index in [4.69, 9.17) is 0 Å². The first-order valence-electron chi connectivity index (χ1n) is 6.08. The number of benzene rings is 1. The highest BCUT2D eigenvalue weighted by molar-refractivity contribution is 7.92.